The Morgan fingerprint density at radius 2 is 2.00 bits per heavy atom. The molecule has 1 amide bonds. The zero-order valence-corrected chi connectivity index (χ0v) is 11.7. The first-order valence-electron chi connectivity index (χ1n) is 6.71. The highest BCUT2D eigenvalue weighted by molar-refractivity contribution is 5.78. The second-order valence-electron chi connectivity index (χ2n) is 5.99. The molecule has 0 spiro atoms. The predicted molar refractivity (Wildman–Crippen MR) is 72.4 cm³/mol. The molecular formula is C15H20FNO3. The maximum atomic E-state index is 13.0. The molecular weight excluding hydrogens is 261 g/mol. The fourth-order valence-corrected chi connectivity index (χ4v) is 2.56. The summed E-state index contributed by atoms with van der Waals surface area (Å²) in [5.41, 5.74) is -0.287. The number of halogens is 1. The van der Waals surface area contributed by atoms with Gasteiger partial charge in [0.2, 0.25) is 5.91 Å². The summed E-state index contributed by atoms with van der Waals surface area (Å²) >= 11 is 0. The molecule has 20 heavy (non-hydrogen) atoms. The lowest BCUT2D eigenvalue weighted by atomic mass is 10.0. The molecule has 1 heterocycles. The molecule has 0 aliphatic carbocycles. The third-order valence-electron chi connectivity index (χ3n) is 3.44. The molecule has 2 rings (SSSR count). The minimum absolute atomic E-state index is 0.00256. The molecule has 4 nitrogen and oxygen atoms in total. The number of nitrogens with zero attached hydrogens (tertiary/aromatic N) is 1. The zero-order valence-electron chi connectivity index (χ0n) is 11.7. The Balaban J connectivity index is 2.18. The van der Waals surface area contributed by atoms with Crippen molar-refractivity contribution < 1.29 is 19.4 Å². The molecule has 1 fully saturated rings. The van der Waals surface area contributed by atoms with Crippen LogP contribution in [-0.4, -0.2) is 39.3 Å². The topological polar surface area (TPSA) is 60.8 Å². The Hall–Kier alpha value is -1.46. The van der Waals surface area contributed by atoms with Crippen LogP contribution in [0.2, 0.25) is 0 Å². The first-order chi connectivity index (χ1) is 9.26. The molecule has 2 N–H and O–H groups in total. The molecule has 2 atom stereocenters. The van der Waals surface area contributed by atoms with Crippen molar-refractivity contribution in [2.45, 2.75) is 44.4 Å². The number of hydrogen-bond acceptors (Lipinski definition) is 3. The van der Waals surface area contributed by atoms with Gasteiger partial charge in [-0.15, -0.1) is 0 Å². The van der Waals surface area contributed by atoms with E-state index in [0.29, 0.717) is 6.42 Å². The average molecular weight is 281 g/mol. The fourth-order valence-electron chi connectivity index (χ4n) is 2.56. The fraction of sp³-hybridized carbons (Fsp3) is 0.533. The van der Waals surface area contributed by atoms with Crippen LogP contribution in [0.15, 0.2) is 24.3 Å². The summed E-state index contributed by atoms with van der Waals surface area (Å²) in [6.07, 6.45) is -0.156. The van der Waals surface area contributed by atoms with E-state index in [2.05, 4.69) is 0 Å². The number of rotatable bonds is 3. The molecule has 5 heteroatoms. The Bertz CT molecular complexity index is 481. The van der Waals surface area contributed by atoms with E-state index in [1.165, 1.54) is 12.1 Å². The highest BCUT2D eigenvalue weighted by atomic mass is 19.1. The lowest BCUT2D eigenvalue weighted by Gasteiger charge is -2.27. The van der Waals surface area contributed by atoms with Crippen molar-refractivity contribution in [2.24, 2.45) is 0 Å². The van der Waals surface area contributed by atoms with Crippen LogP contribution in [0.1, 0.15) is 38.3 Å². The zero-order chi connectivity index (χ0) is 14.9. The van der Waals surface area contributed by atoms with Crippen molar-refractivity contribution in [3.63, 3.8) is 0 Å². The second kappa shape index (κ2) is 5.50. The van der Waals surface area contributed by atoms with Crippen LogP contribution >= 0.6 is 0 Å². The van der Waals surface area contributed by atoms with E-state index < -0.39 is 11.7 Å². The maximum Gasteiger partial charge on any atom is 0.226 e. The lowest BCUT2D eigenvalue weighted by Crippen LogP contribution is -2.36. The van der Waals surface area contributed by atoms with Gasteiger partial charge in [0.1, 0.15) is 5.82 Å². The van der Waals surface area contributed by atoms with Gasteiger partial charge in [-0.25, -0.2) is 4.39 Å². The van der Waals surface area contributed by atoms with E-state index in [0.717, 1.165) is 5.56 Å². The lowest BCUT2D eigenvalue weighted by molar-refractivity contribution is -0.136. The third kappa shape index (κ3) is 3.55. The molecule has 0 bridgehead atoms. The standard InChI is InChI=1S/C15H20FNO3/c1-15(2,20)8-14(19)17-9-12(18)7-13(17)10-3-5-11(16)6-4-10/h3-6,12-13,18,20H,7-9H2,1-2H3/t12-,13-/m0/s1. The van der Waals surface area contributed by atoms with Crippen LogP contribution in [0.5, 0.6) is 0 Å². The van der Waals surface area contributed by atoms with E-state index in [9.17, 15) is 19.4 Å². The maximum absolute atomic E-state index is 13.0. The van der Waals surface area contributed by atoms with Gasteiger partial charge < -0.3 is 15.1 Å². The molecule has 1 aliphatic rings. The largest absolute Gasteiger partial charge is 0.391 e. The number of aliphatic hydroxyl groups excluding tert-OH is 1. The summed E-state index contributed by atoms with van der Waals surface area (Å²) < 4.78 is 13.0. The summed E-state index contributed by atoms with van der Waals surface area (Å²) in [6, 6.07) is 5.68. The Morgan fingerprint density at radius 1 is 1.40 bits per heavy atom. The van der Waals surface area contributed by atoms with Crippen molar-refractivity contribution in [3.05, 3.63) is 35.6 Å². The Kier molecular flexibility index (Phi) is 4.11. The minimum atomic E-state index is -1.09. The molecule has 1 aliphatic heterocycles. The van der Waals surface area contributed by atoms with Crippen molar-refractivity contribution >= 4 is 5.91 Å². The highest BCUT2D eigenvalue weighted by Crippen LogP contribution is 2.33. The van der Waals surface area contributed by atoms with Crippen molar-refractivity contribution in [3.8, 4) is 0 Å². The number of carbonyl (C=O) groups is 1. The van der Waals surface area contributed by atoms with E-state index in [1.54, 1.807) is 30.9 Å². The Morgan fingerprint density at radius 3 is 2.55 bits per heavy atom. The van der Waals surface area contributed by atoms with Gasteiger partial charge in [0.15, 0.2) is 0 Å². The first-order valence-corrected chi connectivity index (χ1v) is 6.71. The first kappa shape index (κ1) is 14.9. The van der Waals surface area contributed by atoms with Crippen LogP contribution in [0.3, 0.4) is 0 Å². The van der Waals surface area contributed by atoms with E-state index in [-0.39, 0.29) is 30.7 Å². The minimum Gasteiger partial charge on any atom is -0.391 e. The quantitative estimate of drug-likeness (QED) is 0.885. The van der Waals surface area contributed by atoms with Crippen LogP contribution < -0.4 is 0 Å². The monoisotopic (exact) mass is 281 g/mol. The molecule has 0 radical (unpaired) electrons. The number of carbonyl (C=O) groups excluding carboxylic acids is 1. The van der Waals surface area contributed by atoms with E-state index in [1.807, 2.05) is 0 Å². The van der Waals surface area contributed by atoms with Crippen molar-refractivity contribution in [2.75, 3.05) is 6.54 Å². The van der Waals surface area contributed by atoms with Gasteiger partial charge in [0.05, 0.1) is 24.2 Å². The summed E-state index contributed by atoms with van der Waals surface area (Å²) in [6.45, 7) is 3.39. The molecule has 110 valence electrons. The number of amides is 1. The van der Waals surface area contributed by atoms with Crippen LogP contribution in [0.25, 0.3) is 0 Å². The molecule has 1 saturated heterocycles. The SMILES string of the molecule is CC(C)(O)CC(=O)N1C[C@@H](O)C[C@H]1c1ccc(F)cc1. The van der Waals surface area contributed by atoms with Gasteiger partial charge >= 0.3 is 0 Å². The van der Waals surface area contributed by atoms with Gasteiger partial charge in [-0.2, -0.15) is 0 Å². The van der Waals surface area contributed by atoms with Gasteiger partial charge in [-0.1, -0.05) is 12.1 Å². The molecule has 0 unspecified atom stereocenters. The van der Waals surface area contributed by atoms with Crippen molar-refractivity contribution in [1.29, 1.82) is 0 Å². The molecule has 1 aromatic rings. The van der Waals surface area contributed by atoms with Crippen LogP contribution in [0.4, 0.5) is 4.39 Å². The number of hydrogen-bond donors (Lipinski definition) is 2. The number of aliphatic hydroxyl groups is 2. The summed E-state index contributed by atoms with van der Waals surface area (Å²) in [4.78, 5) is 13.8. The van der Waals surface area contributed by atoms with E-state index >= 15 is 0 Å². The van der Waals surface area contributed by atoms with Gasteiger partial charge in [-0.3, -0.25) is 4.79 Å². The van der Waals surface area contributed by atoms with Crippen molar-refractivity contribution in [1.82, 2.24) is 4.90 Å². The van der Waals surface area contributed by atoms with Crippen LogP contribution in [0, 0.1) is 5.82 Å². The number of likely N-dealkylation sites (tertiary alicyclic amines) is 1. The smallest absolute Gasteiger partial charge is 0.226 e. The van der Waals surface area contributed by atoms with E-state index in [4.69, 9.17) is 0 Å². The average Bonchev–Trinajstić information content (AvgIpc) is 2.70. The van der Waals surface area contributed by atoms with Gasteiger partial charge in [-0.05, 0) is 38.0 Å². The molecule has 0 aromatic heterocycles. The Labute approximate surface area is 117 Å². The van der Waals surface area contributed by atoms with Gasteiger partial charge in [0, 0.05) is 6.54 Å². The normalized spacial score (nSPS) is 23.1. The number of β-amino-alcohol motifs (C(OH)–C–C–N with tert-alkyl or cyclic N) is 1. The molecule has 0 saturated carbocycles. The second-order valence-corrected chi connectivity index (χ2v) is 5.99. The summed E-state index contributed by atoms with van der Waals surface area (Å²) in [7, 11) is 0. The van der Waals surface area contributed by atoms with Gasteiger partial charge in [0.25, 0.3) is 0 Å². The third-order valence-corrected chi connectivity index (χ3v) is 3.44. The highest BCUT2D eigenvalue weighted by Gasteiger charge is 2.36. The summed E-state index contributed by atoms with van der Waals surface area (Å²) in [5, 5.41) is 19.6. The predicted octanol–water partition coefficient (Wildman–Crippen LogP) is 1.62. The molecule has 1 aromatic carbocycles. The number of benzene rings is 1. The summed E-state index contributed by atoms with van der Waals surface area (Å²) in [5.74, 6) is -0.537. The van der Waals surface area contributed by atoms with Crippen LogP contribution in [-0.2, 0) is 4.79 Å².